The summed E-state index contributed by atoms with van der Waals surface area (Å²) in [6.07, 6.45) is 0. The van der Waals surface area contributed by atoms with Crippen LogP contribution in [-0.4, -0.2) is 32.3 Å². The molecule has 0 aliphatic carbocycles. The Kier molecular flexibility index (Phi) is 8.25. The summed E-state index contributed by atoms with van der Waals surface area (Å²) in [5, 5.41) is 14.6. The molecule has 2 aromatic carbocycles. The molecule has 0 unspecified atom stereocenters. The summed E-state index contributed by atoms with van der Waals surface area (Å²) in [6, 6.07) is 11.4. The number of aryl methyl sites for hydroxylation is 1. The van der Waals surface area contributed by atoms with E-state index in [-0.39, 0.29) is 35.2 Å². The Morgan fingerprint density at radius 1 is 1.18 bits per heavy atom. The quantitative estimate of drug-likeness (QED) is 0.402. The van der Waals surface area contributed by atoms with Crippen molar-refractivity contribution in [1.82, 2.24) is 20.1 Å². The van der Waals surface area contributed by atoms with Crippen LogP contribution in [0.2, 0.25) is 0 Å². The van der Waals surface area contributed by atoms with E-state index in [0.29, 0.717) is 21.0 Å². The summed E-state index contributed by atoms with van der Waals surface area (Å²) in [7, 11) is 1.79. The second-order valence-corrected chi connectivity index (χ2v) is 9.78. The van der Waals surface area contributed by atoms with Crippen molar-refractivity contribution in [1.29, 1.82) is 0 Å². The lowest BCUT2D eigenvalue weighted by Gasteiger charge is -2.21. The molecule has 1 atom stereocenters. The zero-order chi connectivity index (χ0) is 24.1. The molecule has 2 N–H and O–H groups in total. The van der Waals surface area contributed by atoms with Crippen molar-refractivity contribution in [2.24, 2.45) is 13.0 Å². The Hall–Kier alpha value is -2.72. The first-order valence-electron chi connectivity index (χ1n) is 10.3. The molecule has 0 spiro atoms. The van der Waals surface area contributed by atoms with Gasteiger partial charge in [-0.05, 0) is 43.2 Å². The fraction of sp³-hybridized carbons (Fsp3) is 0.304. The minimum absolute atomic E-state index is 0.0312. The highest BCUT2D eigenvalue weighted by molar-refractivity contribution is 9.10. The van der Waals surface area contributed by atoms with Gasteiger partial charge < -0.3 is 15.2 Å². The van der Waals surface area contributed by atoms with E-state index in [2.05, 4.69) is 36.8 Å². The molecule has 1 aromatic heterocycles. The molecule has 0 bridgehead atoms. The van der Waals surface area contributed by atoms with Crippen LogP contribution in [0.1, 0.15) is 41.6 Å². The van der Waals surface area contributed by atoms with Crippen LogP contribution in [0.25, 0.3) is 0 Å². The molecule has 174 valence electrons. The predicted molar refractivity (Wildman–Crippen MR) is 131 cm³/mol. The van der Waals surface area contributed by atoms with Gasteiger partial charge in [-0.1, -0.05) is 59.2 Å². The van der Waals surface area contributed by atoms with Crippen molar-refractivity contribution < 1.29 is 14.0 Å². The summed E-state index contributed by atoms with van der Waals surface area (Å²) in [4.78, 5) is 25.1. The molecule has 0 fully saturated rings. The highest BCUT2D eigenvalue weighted by Crippen LogP contribution is 2.25. The van der Waals surface area contributed by atoms with Gasteiger partial charge in [0.1, 0.15) is 5.82 Å². The third-order valence-corrected chi connectivity index (χ3v) is 6.43. The van der Waals surface area contributed by atoms with Crippen LogP contribution in [-0.2, 0) is 11.8 Å². The predicted octanol–water partition coefficient (Wildman–Crippen LogP) is 4.88. The summed E-state index contributed by atoms with van der Waals surface area (Å²) >= 11 is 4.37. The average molecular weight is 534 g/mol. The number of nitrogens with one attached hydrogen (secondary N) is 2. The molecule has 0 saturated heterocycles. The molecular weight excluding hydrogens is 509 g/mol. The van der Waals surface area contributed by atoms with Crippen LogP contribution in [0, 0.1) is 18.7 Å². The fourth-order valence-corrected chi connectivity index (χ4v) is 4.22. The molecule has 0 radical (unpaired) electrons. The molecule has 3 rings (SSSR count). The van der Waals surface area contributed by atoms with E-state index in [1.165, 1.54) is 23.9 Å². The second kappa shape index (κ2) is 10.9. The highest BCUT2D eigenvalue weighted by atomic mass is 79.9. The number of carbonyl (C=O) groups excluding carboxylic acids is 2. The number of carbonyl (C=O) groups is 2. The number of nitrogens with zero attached hydrogens (tertiary/aromatic N) is 3. The smallest absolute Gasteiger partial charge is 0.251 e. The first-order chi connectivity index (χ1) is 15.7. The normalized spacial score (nSPS) is 12.0. The Bertz CT molecular complexity index is 1170. The van der Waals surface area contributed by atoms with E-state index >= 15 is 0 Å². The molecule has 2 amide bonds. The molecule has 7 nitrogen and oxygen atoms in total. The third kappa shape index (κ3) is 6.42. The van der Waals surface area contributed by atoms with Gasteiger partial charge in [-0.2, -0.15) is 0 Å². The van der Waals surface area contributed by atoms with E-state index in [9.17, 15) is 14.0 Å². The standard InChI is InChI=1S/C23H25BrFN5O2S/c1-13(2)20(27-22(32)15-7-5-6-14(3)10-15)21-28-29-23(30(21)4)33-12-19(31)26-18-9-8-16(24)11-17(18)25/h5-11,13,20H,12H2,1-4H3,(H,26,31)(H,27,32)/t20-/m1/s1. The minimum atomic E-state index is -0.521. The first kappa shape index (κ1) is 24.9. The Morgan fingerprint density at radius 3 is 2.61 bits per heavy atom. The number of hydrogen-bond donors (Lipinski definition) is 2. The molecule has 10 heteroatoms. The summed E-state index contributed by atoms with van der Waals surface area (Å²) in [6.45, 7) is 5.91. The summed E-state index contributed by atoms with van der Waals surface area (Å²) in [5.74, 6) is -0.392. The van der Waals surface area contributed by atoms with Crippen LogP contribution in [0.3, 0.4) is 0 Å². The van der Waals surface area contributed by atoms with Gasteiger partial charge in [-0.25, -0.2) is 4.39 Å². The van der Waals surface area contributed by atoms with Crippen molar-refractivity contribution in [2.45, 2.75) is 32.0 Å². The number of anilines is 1. The van der Waals surface area contributed by atoms with Gasteiger partial charge in [0.15, 0.2) is 11.0 Å². The van der Waals surface area contributed by atoms with Gasteiger partial charge in [0.25, 0.3) is 5.91 Å². The molecule has 33 heavy (non-hydrogen) atoms. The lowest BCUT2D eigenvalue weighted by atomic mass is 10.0. The monoisotopic (exact) mass is 533 g/mol. The largest absolute Gasteiger partial charge is 0.342 e. The molecular formula is C23H25BrFN5O2S. The van der Waals surface area contributed by atoms with Crippen LogP contribution < -0.4 is 10.6 Å². The zero-order valence-electron chi connectivity index (χ0n) is 18.7. The number of thioether (sulfide) groups is 1. The van der Waals surface area contributed by atoms with Gasteiger partial charge in [0.05, 0.1) is 17.5 Å². The van der Waals surface area contributed by atoms with Crippen molar-refractivity contribution in [3.05, 3.63) is 69.7 Å². The summed E-state index contributed by atoms with van der Waals surface area (Å²) in [5.41, 5.74) is 1.69. The van der Waals surface area contributed by atoms with E-state index in [1.807, 2.05) is 39.0 Å². The molecule has 3 aromatic rings. The van der Waals surface area contributed by atoms with Gasteiger partial charge in [0.2, 0.25) is 5.91 Å². The molecule has 0 aliphatic rings. The van der Waals surface area contributed by atoms with Crippen LogP contribution in [0.15, 0.2) is 52.1 Å². The number of halogens is 2. The third-order valence-electron chi connectivity index (χ3n) is 4.92. The van der Waals surface area contributed by atoms with Crippen molar-refractivity contribution in [2.75, 3.05) is 11.1 Å². The van der Waals surface area contributed by atoms with E-state index in [4.69, 9.17) is 0 Å². The van der Waals surface area contributed by atoms with Crippen LogP contribution >= 0.6 is 27.7 Å². The number of amides is 2. The maximum absolute atomic E-state index is 13.9. The minimum Gasteiger partial charge on any atom is -0.342 e. The van der Waals surface area contributed by atoms with Gasteiger partial charge in [-0.3, -0.25) is 9.59 Å². The Labute approximate surface area is 204 Å². The van der Waals surface area contributed by atoms with Crippen molar-refractivity contribution in [3.8, 4) is 0 Å². The van der Waals surface area contributed by atoms with Crippen LogP contribution in [0.5, 0.6) is 0 Å². The first-order valence-corrected chi connectivity index (χ1v) is 12.1. The zero-order valence-corrected chi connectivity index (χ0v) is 21.1. The number of benzene rings is 2. The van der Waals surface area contributed by atoms with Crippen LogP contribution in [0.4, 0.5) is 10.1 Å². The van der Waals surface area contributed by atoms with E-state index < -0.39 is 5.82 Å². The Balaban J connectivity index is 1.67. The molecule has 0 aliphatic heterocycles. The average Bonchev–Trinajstić information content (AvgIpc) is 3.12. The lowest BCUT2D eigenvalue weighted by Crippen LogP contribution is -2.33. The van der Waals surface area contributed by atoms with E-state index in [0.717, 1.165) is 5.56 Å². The second-order valence-electron chi connectivity index (χ2n) is 7.93. The molecule has 0 saturated carbocycles. The number of aromatic nitrogens is 3. The van der Waals surface area contributed by atoms with Crippen molar-refractivity contribution in [3.63, 3.8) is 0 Å². The van der Waals surface area contributed by atoms with Crippen molar-refractivity contribution >= 4 is 45.2 Å². The highest BCUT2D eigenvalue weighted by Gasteiger charge is 2.25. The lowest BCUT2D eigenvalue weighted by molar-refractivity contribution is -0.113. The SMILES string of the molecule is Cc1cccc(C(=O)N[C@@H](c2nnc(SCC(=O)Nc3ccc(Br)cc3F)n2C)C(C)C)c1. The van der Waals surface area contributed by atoms with Gasteiger partial charge in [-0.15, -0.1) is 10.2 Å². The summed E-state index contributed by atoms with van der Waals surface area (Å²) < 4.78 is 16.3. The topological polar surface area (TPSA) is 88.9 Å². The maximum atomic E-state index is 13.9. The maximum Gasteiger partial charge on any atom is 0.251 e. The Morgan fingerprint density at radius 2 is 1.94 bits per heavy atom. The van der Waals surface area contributed by atoms with Gasteiger partial charge in [0, 0.05) is 17.1 Å². The molecule has 1 heterocycles. The number of hydrogen-bond acceptors (Lipinski definition) is 5. The fourth-order valence-electron chi connectivity index (χ4n) is 3.17. The van der Waals surface area contributed by atoms with Gasteiger partial charge >= 0.3 is 0 Å². The number of rotatable bonds is 8. The van der Waals surface area contributed by atoms with E-state index in [1.54, 1.807) is 23.7 Å².